The lowest BCUT2D eigenvalue weighted by Gasteiger charge is -2.39. The number of amides is 2. The van der Waals surface area contributed by atoms with Crippen LogP contribution in [0.4, 0.5) is 0 Å². The smallest absolute Gasteiger partial charge is 0.264 e. The third kappa shape index (κ3) is 4.53. The van der Waals surface area contributed by atoms with Crippen molar-refractivity contribution < 1.29 is 14.3 Å². The van der Waals surface area contributed by atoms with E-state index in [1.165, 1.54) is 22.5 Å². The lowest BCUT2D eigenvalue weighted by atomic mass is 9.98. The molecule has 30 heavy (non-hydrogen) atoms. The molecule has 2 saturated heterocycles. The highest BCUT2D eigenvalue weighted by Crippen LogP contribution is 2.26. The molecule has 2 fully saturated rings. The van der Waals surface area contributed by atoms with Crippen LogP contribution < -0.4 is 4.74 Å². The van der Waals surface area contributed by atoms with Crippen LogP contribution in [-0.4, -0.2) is 53.4 Å². The molecule has 160 valence electrons. The van der Waals surface area contributed by atoms with Gasteiger partial charge in [0.05, 0.1) is 4.88 Å². The average molecular weight is 427 g/mol. The standard InChI is InChI=1S/C24H30N2O3S/c1-17-8-9-20(16-18(17)2)29-19-10-13-25(14-11-19)23(27)21-6-3-4-12-26(21)24(28)22-7-5-15-30-22/h5,7-9,15-16,19,21H,3-4,6,10-14H2,1-2H3. The zero-order chi connectivity index (χ0) is 21.1. The number of benzene rings is 1. The number of aryl methyl sites for hydroxylation is 2. The second-order valence-corrected chi connectivity index (χ2v) is 9.32. The van der Waals surface area contributed by atoms with Gasteiger partial charge in [0.2, 0.25) is 5.91 Å². The molecule has 3 heterocycles. The lowest BCUT2D eigenvalue weighted by Crippen LogP contribution is -2.54. The van der Waals surface area contributed by atoms with Crippen LogP contribution in [0.3, 0.4) is 0 Å². The van der Waals surface area contributed by atoms with E-state index in [0.29, 0.717) is 19.6 Å². The molecular weight excluding hydrogens is 396 g/mol. The number of hydrogen-bond acceptors (Lipinski definition) is 4. The zero-order valence-corrected chi connectivity index (χ0v) is 18.6. The summed E-state index contributed by atoms with van der Waals surface area (Å²) in [5, 5.41) is 1.91. The molecule has 2 aliphatic rings. The van der Waals surface area contributed by atoms with Gasteiger partial charge in [-0.2, -0.15) is 0 Å². The van der Waals surface area contributed by atoms with Gasteiger partial charge >= 0.3 is 0 Å². The highest BCUT2D eigenvalue weighted by atomic mass is 32.1. The van der Waals surface area contributed by atoms with Crippen LogP contribution in [0.5, 0.6) is 5.75 Å². The number of thiophene rings is 1. The molecule has 1 aromatic heterocycles. The van der Waals surface area contributed by atoms with Crippen molar-refractivity contribution in [3.8, 4) is 5.75 Å². The first-order valence-electron chi connectivity index (χ1n) is 10.9. The third-order valence-corrected chi connectivity index (χ3v) is 7.17. The van der Waals surface area contributed by atoms with Gasteiger partial charge in [0.25, 0.3) is 5.91 Å². The van der Waals surface area contributed by atoms with Gasteiger partial charge in [-0.25, -0.2) is 0 Å². The van der Waals surface area contributed by atoms with E-state index in [9.17, 15) is 9.59 Å². The van der Waals surface area contributed by atoms with Crippen molar-refractivity contribution >= 4 is 23.2 Å². The Morgan fingerprint density at radius 1 is 1.00 bits per heavy atom. The van der Waals surface area contributed by atoms with Crippen LogP contribution in [-0.2, 0) is 4.79 Å². The van der Waals surface area contributed by atoms with E-state index in [0.717, 1.165) is 42.7 Å². The van der Waals surface area contributed by atoms with Crippen molar-refractivity contribution in [3.05, 3.63) is 51.7 Å². The van der Waals surface area contributed by atoms with Gasteiger partial charge < -0.3 is 14.5 Å². The number of likely N-dealkylation sites (tertiary alicyclic amines) is 2. The molecule has 5 nitrogen and oxygen atoms in total. The second kappa shape index (κ2) is 9.21. The molecule has 0 spiro atoms. The minimum atomic E-state index is -0.328. The van der Waals surface area contributed by atoms with E-state index < -0.39 is 0 Å². The Kier molecular flexibility index (Phi) is 6.42. The quantitative estimate of drug-likeness (QED) is 0.727. The fraction of sp³-hybridized carbons (Fsp3) is 0.500. The predicted octanol–water partition coefficient (Wildman–Crippen LogP) is 4.43. The molecule has 0 radical (unpaired) electrons. The molecular formula is C24H30N2O3S. The summed E-state index contributed by atoms with van der Waals surface area (Å²) in [5.74, 6) is 1.00. The number of carbonyl (C=O) groups excluding carboxylic acids is 2. The van der Waals surface area contributed by atoms with Crippen molar-refractivity contribution in [2.75, 3.05) is 19.6 Å². The maximum Gasteiger partial charge on any atom is 0.264 e. The number of rotatable bonds is 4. The van der Waals surface area contributed by atoms with Crippen molar-refractivity contribution in [1.29, 1.82) is 0 Å². The second-order valence-electron chi connectivity index (χ2n) is 8.38. The first kappa shape index (κ1) is 20.9. The summed E-state index contributed by atoms with van der Waals surface area (Å²) in [6.45, 7) is 6.23. The van der Waals surface area contributed by atoms with Crippen LogP contribution in [0.1, 0.15) is 52.9 Å². The Hall–Kier alpha value is -2.34. The van der Waals surface area contributed by atoms with Crippen molar-refractivity contribution in [3.63, 3.8) is 0 Å². The van der Waals surface area contributed by atoms with Crippen molar-refractivity contribution in [2.45, 2.75) is 58.1 Å². The zero-order valence-electron chi connectivity index (χ0n) is 17.8. The fourth-order valence-electron chi connectivity index (χ4n) is 4.36. The van der Waals surface area contributed by atoms with E-state index in [1.54, 1.807) is 4.90 Å². The monoisotopic (exact) mass is 426 g/mol. The van der Waals surface area contributed by atoms with E-state index in [2.05, 4.69) is 26.0 Å². The maximum atomic E-state index is 13.3. The molecule has 0 aliphatic carbocycles. The van der Waals surface area contributed by atoms with Crippen LogP contribution in [0.25, 0.3) is 0 Å². The molecule has 2 amide bonds. The molecule has 4 rings (SSSR count). The van der Waals surface area contributed by atoms with Gasteiger partial charge in [-0.15, -0.1) is 11.3 Å². The molecule has 2 aromatic rings. The molecule has 1 aromatic carbocycles. The van der Waals surface area contributed by atoms with Crippen molar-refractivity contribution in [1.82, 2.24) is 9.80 Å². The van der Waals surface area contributed by atoms with Crippen LogP contribution >= 0.6 is 11.3 Å². The Morgan fingerprint density at radius 3 is 2.50 bits per heavy atom. The number of hydrogen-bond donors (Lipinski definition) is 0. The highest BCUT2D eigenvalue weighted by Gasteiger charge is 2.36. The number of nitrogens with zero attached hydrogens (tertiary/aromatic N) is 2. The summed E-state index contributed by atoms with van der Waals surface area (Å²) in [6.07, 6.45) is 4.50. The molecule has 2 aliphatic heterocycles. The first-order valence-corrected chi connectivity index (χ1v) is 11.8. The van der Waals surface area contributed by atoms with Gasteiger partial charge in [-0.3, -0.25) is 9.59 Å². The minimum Gasteiger partial charge on any atom is -0.490 e. The van der Waals surface area contributed by atoms with Gasteiger partial charge in [0.15, 0.2) is 0 Å². The van der Waals surface area contributed by atoms with E-state index in [1.807, 2.05) is 28.5 Å². The molecule has 6 heteroatoms. The van der Waals surface area contributed by atoms with E-state index in [-0.39, 0.29) is 24.0 Å². The average Bonchev–Trinajstić information content (AvgIpc) is 3.31. The summed E-state index contributed by atoms with van der Waals surface area (Å²) in [4.78, 5) is 30.6. The SMILES string of the molecule is Cc1ccc(OC2CCN(C(=O)C3CCCCN3C(=O)c3cccs3)CC2)cc1C. The molecule has 0 saturated carbocycles. The third-order valence-electron chi connectivity index (χ3n) is 6.32. The van der Waals surface area contributed by atoms with Crippen molar-refractivity contribution in [2.24, 2.45) is 0 Å². The first-order chi connectivity index (χ1) is 14.5. The normalized spacial score (nSPS) is 20.3. The Labute approximate surface area is 182 Å². The maximum absolute atomic E-state index is 13.3. The van der Waals surface area contributed by atoms with Crippen LogP contribution in [0.15, 0.2) is 35.7 Å². The van der Waals surface area contributed by atoms with E-state index in [4.69, 9.17) is 4.74 Å². The number of ether oxygens (including phenoxy) is 1. The number of piperidine rings is 2. The number of carbonyl (C=O) groups is 2. The summed E-state index contributed by atoms with van der Waals surface area (Å²) in [5.41, 5.74) is 2.49. The Bertz CT molecular complexity index is 888. The minimum absolute atomic E-state index is 0.00369. The summed E-state index contributed by atoms with van der Waals surface area (Å²) < 4.78 is 6.17. The predicted molar refractivity (Wildman–Crippen MR) is 119 cm³/mol. The molecule has 1 unspecified atom stereocenters. The lowest BCUT2D eigenvalue weighted by molar-refractivity contribution is -0.139. The fourth-order valence-corrected chi connectivity index (χ4v) is 5.04. The van der Waals surface area contributed by atoms with Crippen LogP contribution in [0, 0.1) is 13.8 Å². The summed E-state index contributed by atoms with van der Waals surface area (Å²) in [7, 11) is 0. The van der Waals surface area contributed by atoms with E-state index >= 15 is 0 Å². The molecule has 0 N–H and O–H groups in total. The van der Waals surface area contributed by atoms with Gasteiger partial charge in [0, 0.05) is 32.5 Å². The molecule has 0 bridgehead atoms. The Balaban J connectivity index is 1.35. The van der Waals surface area contributed by atoms with Gasteiger partial charge in [0.1, 0.15) is 17.9 Å². The van der Waals surface area contributed by atoms with Crippen LogP contribution in [0.2, 0.25) is 0 Å². The van der Waals surface area contributed by atoms with Gasteiger partial charge in [-0.1, -0.05) is 12.1 Å². The summed E-state index contributed by atoms with van der Waals surface area (Å²) >= 11 is 1.44. The van der Waals surface area contributed by atoms with Gasteiger partial charge in [-0.05, 0) is 67.8 Å². The molecule has 1 atom stereocenters. The largest absolute Gasteiger partial charge is 0.490 e. The highest BCUT2D eigenvalue weighted by molar-refractivity contribution is 7.12. The Morgan fingerprint density at radius 2 is 1.80 bits per heavy atom. The topological polar surface area (TPSA) is 49.9 Å². The summed E-state index contributed by atoms with van der Waals surface area (Å²) in [6, 6.07) is 9.60.